The van der Waals surface area contributed by atoms with Crippen LogP contribution in [-0.4, -0.2) is 107 Å². The molecule has 2 unspecified atom stereocenters. The van der Waals surface area contributed by atoms with Gasteiger partial charge in [0.25, 0.3) is 11.5 Å². The molecule has 65 heavy (non-hydrogen) atoms. The molecule has 0 spiro atoms. The van der Waals surface area contributed by atoms with Crippen molar-refractivity contribution < 1.29 is 51.4 Å². The van der Waals surface area contributed by atoms with Gasteiger partial charge in [0, 0.05) is 18.0 Å². The molecule has 2 amide bonds. The van der Waals surface area contributed by atoms with Gasteiger partial charge in [0.2, 0.25) is 11.9 Å². The van der Waals surface area contributed by atoms with Crippen LogP contribution in [0.25, 0.3) is 22.3 Å². The third-order valence-corrected chi connectivity index (χ3v) is 18.0. The topological polar surface area (TPSA) is 302 Å². The fourth-order valence-electron chi connectivity index (χ4n) is 6.32. The number of anilines is 2. The lowest BCUT2D eigenvalue weighted by molar-refractivity contribution is -0.118. The number of amides is 2. The van der Waals surface area contributed by atoms with Crippen LogP contribution in [-0.2, 0) is 61.6 Å². The van der Waals surface area contributed by atoms with E-state index in [0.29, 0.717) is 5.56 Å². The van der Waals surface area contributed by atoms with E-state index in [0.717, 1.165) is 0 Å². The van der Waals surface area contributed by atoms with Gasteiger partial charge >= 0.3 is 15.0 Å². The monoisotopic (exact) mass is 975 g/mol. The molecule has 6 atom stereocenters. The van der Waals surface area contributed by atoms with E-state index in [1.165, 1.54) is 21.8 Å². The molecule has 6 rings (SSSR count). The van der Waals surface area contributed by atoms with Crippen molar-refractivity contribution in [2.24, 2.45) is 5.92 Å². The van der Waals surface area contributed by atoms with E-state index in [4.69, 9.17) is 39.1 Å². The molecule has 1 aliphatic rings. The molecule has 1 aromatic carbocycles. The predicted octanol–water partition coefficient (Wildman–Crippen LogP) is 4.54. The largest absolute Gasteiger partial charge is 0.408 e. The smallest absolute Gasteiger partial charge is 0.327 e. The summed E-state index contributed by atoms with van der Waals surface area (Å²) in [4.78, 5) is 72.9. The Labute approximate surface area is 379 Å². The van der Waals surface area contributed by atoms with Crippen LogP contribution in [0.1, 0.15) is 63.4 Å². The van der Waals surface area contributed by atoms with Crippen molar-refractivity contribution in [1.29, 1.82) is 5.26 Å². The Morgan fingerprint density at radius 1 is 1.06 bits per heavy atom. The summed E-state index contributed by atoms with van der Waals surface area (Å²) in [6, 6.07) is 10.5. The molecule has 1 aliphatic heterocycles. The molecular weight excluding hydrogens is 925 g/mol. The van der Waals surface area contributed by atoms with Crippen molar-refractivity contribution in [1.82, 2.24) is 39.0 Å². The molecule has 4 aromatic heterocycles. The van der Waals surface area contributed by atoms with Crippen LogP contribution in [0.4, 0.5) is 11.8 Å². The number of rotatable bonds is 20. The molecule has 5 N–H and O–H groups in total. The molecule has 350 valence electrons. The number of H-pyrrole nitrogens is 1. The Hall–Kier alpha value is -4.67. The number of aliphatic hydroxyl groups excluding tert-OH is 1. The number of aromatic amines is 1. The lowest BCUT2D eigenvalue weighted by Gasteiger charge is -2.40. The summed E-state index contributed by atoms with van der Waals surface area (Å²) in [5.41, 5.74) is 0.0784. The SMILES string of the molecule is CC(C)C(=O)Nc1nc2c(nc(CO)n2CCOP(=S)(OCCC#N)OC[C@H]2O[C@@H](n3cnc4c(NC(=O)c5ccccc5)ncnc43)[C@H](O[PH](=O)O)[C@@H]2O[Si](C)(C)C(C)(C)C)c(=O)[nH]1. The molecule has 23 nitrogen and oxygen atoms in total. The van der Waals surface area contributed by atoms with E-state index in [1.54, 1.807) is 44.2 Å². The minimum atomic E-state index is -3.78. The number of hydrogen-bond acceptors (Lipinski definition) is 18. The number of nitrogens with one attached hydrogen (secondary N) is 3. The van der Waals surface area contributed by atoms with E-state index in [-0.39, 0.29) is 83.7 Å². The molecule has 0 saturated carbocycles. The summed E-state index contributed by atoms with van der Waals surface area (Å²) in [5, 5.41) is 24.4. The highest BCUT2D eigenvalue weighted by Crippen LogP contribution is 2.52. The third-order valence-electron chi connectivity index (χ3n) is 10.7. The van der Waals surface area contributed by atoms with Gasteiger partial charge in [0.1, 0.15) is 37.1 Å². The number of carbonyl (C=O) groups excluding carboxylic acids is 2. The summed E-state index contributed by atoms with van der Waals surface area (Å²) in [7, 11) is -6.37. The molecule has 0 bridgehead atoms. The summed E-state index contributed by atoms with van der Waals surface area (Å²) in [5.74, 6) is -1.18. The molecule has 0 aliphatic carbocycles. The molecule has 5 aromatic rings. The quantitative estimate of drug-likeness (QED) is 0.0406. The second-order valence-electron chi connectivity index (χ2n) is 16.5. The Bertz CT molecular complexity index is 2690. The van der Waals surface area contributed by atoms with Gasteiger partial charge in [-0.3, -0.25) is 38.3 Å². The number of carbonyl (C=O) groups is 2. The molecule has 5 heterocycles. The van der Waals surface area contributed by atoms with Gasteiger partial charge in [-0.2, -0.15) is 10.2 Å². The van der Waals surface area contributed by atoms with Crippen LogP contribution < -0.4 is 16.2 Å². The highest BCUT2D eigenvalue weighted by atomic mass is 32.5. The lowest BCUT2D eigenvalue weighted by Crippen LogP contribution is -2.50. The number of benzene rings is 1. The maximum Gasteiger partial charge on any atom is 0.327 e. The van der Waals surface area contributed by atoms with Crippen molar-refractivity contribution >= 4 is 81.0 Å². The highest BCUT2D eigenvalue weighted by molar-refractivity contribution is 8.07. The third kappa shape index (κ3) is 11.7. The zero-order chi connectivity index (χ0) is 47.3. The number of fused-ring (bicyclic) bond motifs is 2. The van der Waals surface area contributed by atoms with Crippen LogP contribution in [0.5, 0.6) is 0 Å². The molecule has 1 fully saturated rings. The van der Waals surface area contributed by atoms with Crippen molar-refractivity contribution in [3.63, 3.8) is 0 Å². The molecule has 0 radical (unpaired) electrons. The first kappa shape index (κ1) is 49.8. The summed E-state index contributed by atoms with van der Waals surface area (Å²) in [6.07, 6.45) is -2.02. The Morgan fingerprint density at radius 2 is 1.78 bits per heavy atom. The number of nitriles is 1. The van der Waals surface area contributed by atoms with Gasteiger partial charge in [0.15, 0.2) is 42.7 Å². The van der Waals surface area contributed by atoms with E-state index < -0.39 is 71.8 Å². The Morgan fingerprint density at radius 3 is 2.45 bits per heavy atom. The van der Waals surface area contributed by atoms with Gasteiger partial charge in [-0.25, -0.2) is 19.9 Å². The summed E-state index contributed by atoms with van der Waals surface area (Å²) >= 11 is 5.85. The number of hydrogen-bond donors (Lipinski definition) is 5. The average molecular weight is 976 g/mol. The predicted molar refractivity (Wildman–Crippen MR) is 242 cm³/mol. The minimum Gasteiger partial charge on any atom is -0.408 e. The van der Waals surface area contributed by atoms with Crippen LogP contribution in [0.3, 0.4) is 0 Å². The second kappa shape index (κ2) is 20.9. The van der Waals surface area contributed by atoms with E-state index >= 15 is 0 Å². The summed E-state index contributed by atoms with van der Waals surface area (Å²) < 4.78 is 53.0. The fourth-order valence-corrected chi connectivity index (χ4v) is 9.93. The number of nitrogens with zero attached hydrogens (tertiary/aromatic N) is 8. The fraction of sp³-hybridized carbons (Fsp3) is 0.500. The maximum absolute atomic E-state index is 13.1. The Kier molecular flexibility index (Phi) is 16.0. The maximum atomic E-state index is 13.1. The van der Waals surface area contributed by atoms with Crippen LogP contribution >= 0.6 is 15.0 Å². The van der Waals surface area contributed by atoms with Gasteiger partial charge < -0.3 is 42.6 Å². The van der Waals surface area contributed by atoms with Gasteiger partial charge in [-0.1, -0.05) is 52.8 Å². The second-order valence-corrected chi connectivity index (χ2v) is 25.0. The van der Waals surface area contributed by atoms with Crippen molar-refractivity contribution in [3.8, 4) is 6.07 Å². The van der Waals surface area contributed by atoms with Gasteiger partial charge in [-0.05, 0) is 42.1 Å². The van der Waals surface area contributed by atoms with E-state index in [2.05, 4.69) is 40.5 Å². The van der Waals surface area contributed by atoms with Crippen LogP contribution in [0, 0.1) is 17.2 Å². The standard InChI is InChI=1S/C38H51N11O12P2SSi/c1-22(2)33(51)46-37-45-32-27(35(53)47-37)43-25(18-50)48(32)15-17-57-63(64,56-16-11-14-39)58-19-24-28(61-65(6,7)38(3,4)5)29(60-62(54)55)36(59-24)49-21-42-26-30(40-20-41-31(26)49)44-34(52)23-12-9-8-10-13-23/h8-10,12-13,20-22,24,28-29,36,50,62H,11,15-19H2,1-7H3,(H,54,55)(H,40,41,44,52)(H2,45,46,47,51,53)/t24-,28-,29-,36-,63?/m1/s1. The normalized spacial score (nSPS) is 19.3. The van der Waals surface area contributed by atoms with Gasteiger partial charge in [-0.15, -0.1) is 0 Å². The van der Waals surface area contributed by atoms with Crippen molar-refractivity contribution in [3.05, 3.63) is 64.7 Å². The molecule has 1 saturated heterocycles. The number of imidazole rings is 2. The number of aromatic nitrogens is 8. The first-order valence-corrected chi connectivity index (χ1v) is 27.1. The molecule has 27 heteroatoms. The molecular formula is C38H51N11O12P2SSi. The summed E-state index contributed by atoms with van der Waals surface area (Å²) in [6.45, 7) is 8.18. The first-order valence-electron chi connectivity index (χ1n) is 20.3. The highest BCUT2D eigenvalue weighted by Gasteiger charge is 2.53. The zero-order valence-corrected chi connectivity index (χ0v) is 40.3. The number of ether oxygens (including phenoxy) is 1. The van der Waals surface area contributed by atoms with Crippen LogP contribution in [0.15, 0.2) is 47.8 Å². The lowest BCUT2D eigenvalue weighted by atomic mass is 10.1. The first-order chi connectivity index (χ1) is 30.8. The van der Waals surface area contributed by atoms with E-state index in [9.17, 15) is 34.2 Å². The average Bonchev–Trinajstić information content (AvgIpc) is 3.94. The van der Waals surface area contributed by atoms with Crippen molar-refractivity contribution in [2.45, 2.75) is 96.9 Å². The van der Waals surface area contributed by atoms with E-state index in [1.807, 2.05) is 39.9 Å². The van der Waals surface area contributed by atoms with Gasteiger partial charge in [0.05, 0.1) is 38.6 Å². The minimum absolute atomic E-state index is 0.0493. The Balaban J connectivity index is 1.29. The van der Waals surface area contributed by atoms with Crippen molar-refractivity contribution in [2.75, 3.05) is 30.5 Å². The van der Waals surface area contributed by atoms with Crippen LogP contribution in [0.2, 0.25) is 18.1 Å². The number of aliphatic hydroxyl groups is 1. The zero-order valence-electron chi connectivity index (χ0n) is 36.6.